The van der Waals surface area contributed by atoms with Crippen LogP contribution in [0.3, 0.4) is 0 Å². The molecule has 0 unspecified atom stereocenters. The second kappa shape index (κ2) is 5.54. The van der Waals surface area contributed by atoms with Crippen LogP contribution in [0.1, 0.15) is 15.9 Å². The molecule has 98 valence electrons. The molecule has 0 aliphatic rings. The first-order chi connectivity index (χ1) is 8.97. The fourth-order valence-corrected chi connectivity index (χ4v) is 2.10. The third-order valence-corrected chi connectivity index (χ3v) is 3.12. The lowest BCUT2D eigenvalue weighted by atomic mass is 10.2. The van der Waals surface area contributed by atoms with Gasteiger partial charge < -0.3 is 11.1 Å². The van der Waals surface area contributed by atoms with Gasteiger partial charge in [-0.05, 0) is 40.5 Å². The lowest BCUT2D eigenvalue weighted by Crippen LogP contribution is -2.15. The lowest BCUT2D eigenvalue weighted by Gasteiger charge is -2.08. The topological polar surface area (TPSA) is 80.9 Å². The quantitative estimate of drug-likeness (QED) is 0.823. The van der Waals surface area contributed by atoms with E-state index in [2.05, 4.69) is 31.2 Å². The van der Waals surface area contributed by atoms with Crippen LogP contribution in [0, 0.1) is 6.92 Å². The number of anilines is 2. The Morgan fingerprint density at radius 3 is 2.79 bits per heavy atom. The summed E-state index contributed by atoms with van der Waals surface area (Å²) >= 11 is 9.17. The number of pyridine rings is 2. The van der Waals surface area contributed by atoms with Crippen LogP contribution in [0.15, 0.2) is 29.0 Å². The van der Waals surface area contributed by atoms with Crippen molar-refractivity contribution in [3.05, 3.63) is 45.3 Å². The van der Waals surface area contributed by atoms with Gasteiger partial charge in [0.2, 0.25) is 0 Å². The number of hydrogen-bond acceptors (Lipinski definition) is 4. The van der Waals surface area contributed by atoms with Crippen LogP contribution in [0.2, 0.25) is 5.15 Å². The van der Waals surface area contributed by atoms with Gasteiger partial charge in [0.05, 0.1) is 17.4 Å². The van der Waals surface area contributed by atoms with Crippen LogP contribution >= 0.6 is 27.5 Å². The summed E-state index contributed by atoms with van der Waals surface area (Å²) in [6, 6.07) is 3.32. The summed E-state index contributed by atoms with van der Waals surface area (Å²) in [5.41, 5.74) is 7.00. The van der Waals surface area contributed by atoms with E-state index in [1.807, 2.05) is 13.0 Å². The number of rotatable bonds is 2. The highest BCUT2D eigenvalue weighted by atomic mass is 79.9. The van der Waals surface area contributed by atoms with Gasteiger partial charge in [0.15, 0.2) is 0 Å². The van der Waals surface area contributed by atoms with Crippen LogP contribution < -0.4 is 11.1 Å². The van der Waals surface area contributed by atoms with Gasteiger partial charge in [-0.3, -0.25) is 4.79 Å². The summed E-state index contributed by atoms with van der Waals surface area (Å²) in [5, 5.41) is 2.77. The van der Waals surface area contributed by atoms with E-state index in [-0.39, 0.29) is 10.7 Å². The maximum Gasteiger partial charge on any atom is 0.260 e. The molecule has 0 aliphatic carbocycles. The first-order valence-electron chi connectivity index (χ1n) is 5.32. The van der Waals surface area contributed by atoms with Crippen LogP contribution in [-0.2, 0) is 0 Å². The number of carbonyl (C=O) groups excluding carboxylic acids is 1. The summed E-state index contributed by atoms with van der Waals surface area (Å²) in [6.45, 7) is 1.84. The third-order valence-electron chi connectivity index (χ3n) is 2.38. The van der Waals surface area contributed by atoms with Crippen molar-refractivity contribution in [2.24, 2.45) is 0 Å². The minimum atomic E-state index is -0.400. The Morgan fingerprint density at radius 1 is 1.37 bits per heavy atom. The number of aromatic nitrogens is 2. The van der Waals surface area contributed by atoms with Gasteiger partial charge in [-0.25, -0.2) is 9.97 Å². The van der Waals surface area contributed by atoms with Gasteiger partial charge in [-0.1, -0.05) is 11.6 Å². The molecule has 3 N–H and O–H groups in total. The molecule has 2 aromatic rings. The van der Waals surface area contributed by atoms with Crippen molar-refractivity contribution in [1.82, 2.24) is 9.97 Å². The Kier molecular flexibility index (Phi) is 4.01. The number of hydrogen-bond donors (Lipinski definition) is 2. The highest BCUT2D eigenvalue weighted by Gasteiger charge is 2.13. The van der Waals surface area contributed by atoms with E-state index in [0.717, 1.165) is 10.0 Å². The maximum atomic E-state index is 12.1. The normalized spacial score (nSPS) is 10.3. The SMILES string of the molecule is Cc1cc(Br)cnc1NC(=O)c1cc(N)cnc1Cl. The first-order valence-corrected chi connectivity index (χ1v) is 6.49. The monoisotopic (exact) mass is 340 g/mol. The highest BCUT2D eigenvalue weighted by molar-refractivity contribution is 9.10. The molecule has 0 aliphatic heterocycles. The number of nitrogens with one attached hydrogen (secondary N) is 1. The number of halogens is 2. The van der Waals surface area contributed by atoms with E-state index in [9.17, 15) is 4.79 Å². The Bertz CT molecular complexity index is 648. The van der Waals surface area contributed by atoms with E-state index < -0.39 is 5.91 Å². The fraction of sp³-hybridized carbons (Fsp3) is 0.0833. The standard InChI is InChI=1S/C12H10BrClN4O/c1-6-2-7(13)4-17-11(6)18-12(19)9-3-8(15)5-16-10(9)14/h2-5H,15H2,1H3,(H,17,18,19). The number of nitrogen functional groups attached to an aromatic ring is 1. The molecule has 0 spiro atoms. The van der Waals surface area contributed by atoms with E-state index in [4.69, 9.17) is 17.3 Å². The van der Waals surface area contributed by atoms with Crippen molar-refractivity contribution in [3.8, 4) is 0 Å². The Balaban J connectivity index is 2.28. The Morgan fingerprint density at radius 2 is 2.11 bits per heavy atom. The van der Waals surface area contributed by atoms with Crippen molar-refractivity contribution in [2.75, 3.05) is 11.1 Å². The molecule has 0 radical (unpaired) electrons. The van der Waals surface area contributed by atoms with Crippen LogP contribution in [0.25, 0.3) is 0 Å². The molecule has 0 saturated carbocycles. The van der Waals surface area contributed by atoms with Crippen molar-refractivity contribution < 1.29 is 4.79 Å². The molecule has 0 aromatic carbocycles. The van der Waals surface area contributed by atoms with Gasteiger partial charge in [-0.2, -0.15) is 0 Å². The third kappa shape index (κ3) is 3.21. The van der Waals surface area contributed by atoms with Gasteiger partial charge in [0, 0.05) is 10.7 Å². The smallest absolute Gasteiger partial charge is 0.260 e. The van der Waals surface area contributed by atoms with Gasteiger partial charge in [-0.15, -0.1) is 0 Å². The molecule has 2 rings (SSSR count). The Hall–Kier alpha value is -1.66. The molecular weight excluding hydrogens is 332 g/mol. The summed E-state index contributed by atoms with van der Waals surface area (Å²) in [4.78, 5) is 20.0. The van der Waals surface area contributed by atoms with Gasteiger partial charge >= 0.3 is 0 Å². The number of carbonyl (C=O) groups is 1. The zero-order valence-electron chi connectivity index (χ0n) is 9.95. The minimum Gasteiger partial charge on any atom is -0.397 e. The largest absolute Gasteiger partial charge is 0.397 e. The number of aryl methyl sites for hydroxylation is 1. The summed E-state index contributed by atoms with van der Waals surface area (Å²) < 4.78 is 0.839. The number of nitrogens with two attached hydrogens (primary N) is 1. The second-order valence-electron chi connectivity index (χ2n) is 3.88. The summed E-state index contributed by atoms with van der Waals surface area (Å²) in [5.74, 6) is 0.0643. The van der Waals surface area contributed by atoms with Crippen LogP contribution in [0.5, 0.6) is 0 Å². The molecule has 0 atom stereocenters. The molecule has 19 heavy (non-hydrogen) atoms. The van der Waals surface area contributed by atoms with Crippen molar-refractivity contribution in [1.29, 1.82) is 0 Å². The molecule has 0 saturated heterocycles. The maximum absolute atomic E-state index is 12.1. The molecule has 1 amide bonds. The van der Waals surface area contributed by atoms with Crippen LogP contribution in [-0.4, -0.2) is 15.9 Å². The molecule has 2 heterocycles. The summed E-state index contributed by atoms with van der Waals surface area (Å²) in [7, 11) is 0. The zero-order valence-corrected chi connectivity index (χ0v) is 12.3. The minimum absolute atomic E-state index is 0.0986. The van der Waals surface area contributed by atoms with E-state index in [0.29, 0.717) is 11.5 Å². The predicted octanol–water partition coefficient (Wildman–Crippen LogP) is 3.04. The predicted molar refractivity (Wildman–Crippen MR) is 78.3 cm³/mol. The molecule has 7 heteroatoms. The molecule has 5 nitrogen and oxygen atoms in total. The van der Waals surface area contributed by atoms with E-state index >= 15 is 0 Å². The van der Waals surface area contributed by atoms with E-state index in [1.54, 1.807) is 6.20 Å². The van der Waals surface area contributed by atoms with E-state index in [1.165, 1.54) is 12.3 Å². The zero-order chi connectivity index (χ0) is 14.0. The van der Waals surface area contributed by atoms with Crippen molar-refractivity contribution in [2.45, 2.75) is 6.92 Å². The molecule has 0 bridgehead atoms. The second-order valence-corrected chi connectivity index (χ2v) is 5.15. The van der Waals surface area contributed by atoms with Gasteiger partial charge in [0.25, 0.3) is 5.91 Å². The molecular formula is C12H10BrClN4O. The Labute approximate surface area is 123 Å². The number of nitrogens with zero attached hydrogens (tertiary/aromatic N) is 2. The highest BCUT2D eigenvalue weighted by Crippen LogP contribution is 2.20. The van der Waals surface area contributed by atoms with Crippen molar-refractivity contribution >= 4 is 44.9 Å². The molecule has 0 fully saturated rings. The lowest BCUT2D eigenvalue weighted by molar-refractivity contribution is 0.102. The average Bonchev–Trinajstić information content (AvgIpc) is 2.35. The molecule has 2 aromatic heterocycles. The average molecular weight is 342 g/mol. The fourth-order valence-electron chi connectivity index (χ4n) is 1.47. The van der Waals surface area contributed by atoms with Gasteiger partial charge in [0.1, 0.15) is 11.0 Å². The van der Waals surface area contributed by atoms with Crippen LogP contribution in [0.4, 0.5) is 11.5 Å². The first kappa shape index (κ1) is 13.8. The van der Waals surface area contributed by atoms with Crippen molar-refractivity contribution in [3.63, 3.8) is 0 Å². The summed E-state index contributed by atoms with van der Waals surface area (Å²) in [6.07, 6.45) is 2.99. The number of amides is 1.